The number of hydrogen-bond acceptors (Lipinski definition) is 5. The van der Waals surface area contributed by atoms with Crippen LogP contribution in [0.4, 0.5) is 5.69 Å². The molecule has 1 aliphatic heterocycles. The van der Waals surface area contributed by atoms with Crippen LogP contribution in [0.15, 0.2) is 82.1 Å². The molecule has 3 aromatic rings. The number of amidine groups is 1. The monoisotopic (exact) mass is 449 g/mol. The highest BCUT2D eigenvalue weighted by Crippen LogP contribution is 2.26. The molecule has 1 heterocycles. The first-order chi connectivity index (χ1) is 15.3. The van der Waals surface area contributed by atoms with Crippen LogP contribution in [0, 0.1) is 6.92 Å². The van der Waals surface area contributed by atoms with E-state index in [0.29, 0.717) is 30.0 Å². The lowest BCUT2D eigenvalue weighted by Crippen LogP contribution is -2.30. The predicted octanol–water partition coefficient (Wildman–Crippen LogP) is 3.71. The fourth-order valence-corrected chi connectivity index (χ4v) is 4.54. The first-order valence-electron chi connectivity index (χ1n) is 10.1. The Labute approximate surface area is 187 Å². The Morgan fingerprint density at radius 3 is 2.44 bits per heavy atom. The summed E-state index contributed by atoms with van der Waals surface area (Å²) in [6.07, 6.45) is 0. The predicted molar refractivity (Wildman–Crippen MR) is 124 cm³/mol. The van der Waals surface area contributed by atoms with Gasteiger partial charge in [-0.2, -0.15) is 8.42 Å². The Balaban J connectivity index is 1.37. The Kier molecular flexibility index (Phi) is 5.96. The Morgan fingerprint density at radius 1 is 1.00 bits per heavy atom. The lowest BCUT2D eigenvalue weighted by molar-refractivity contribution is 0.0773. The van der Waals surface area contributed by atoms with Gasteiger partial charge in [0.25, 0.3) is 15.9 Å². The zero-order valence-electron chi connectivity index (χ0n) is 17.8. The minimum Gasteiger partial charge on any atom is -0.491 e. The van der Waals surface area contributed by atoms with Crippen molar-refractivity contribution in [3.05, 3.63) is 89.5 Å². The van der Waals surface area contributed by atoms with Gasteiger partial charge in [-0.3, -0.25) is 4.79 Å². The number of ether oxygens (including phenoxy) is 1. The molecule has 0 radical (unpaired) electrons. The second kappa shape index (κ2) is 8.84. The summed E-state index contributed by atoms with van der Waals surface area (Å²) in [5, 5.41) is 3.03. The quantitative estimate of drug-likeness (QED) is 0.620. The summed E-state index contributed by atoms with van der Waals surface area (Å²) in [5.74, 6) is 0.948. The standard InChI is InChI=1S/C24H23N3O4S/c1-17-7-3-5-9-21(17)31-16-15-27(2)24(28)18-11-13-19(14-12-18)25-23-20-8-4-6-10-22(20)32(29,30)26-23/h3-14H,15-16H2,1-2H3,(H,25,26). The molecule has 0 saturated heterocycles. The molecule has 0 spiro atoms. The average molecular weight is 450 g/mol. The van der Waals surface area contributed by atoms with Crippen LogP contribution in [0.2, 0.25) is 0 Å². The third-order valence-electron chi connectivity index (χ3n) is 5.15. The van der Waals surface area contributed by atoms with Gasteiger partial charge in [0.05, 0.1) is 6.54 Å². The molecule has 3 aromatic carbocycles. The highest BCUT2D eigenvalue weighted by atomic mass is 32.2. The SMILES string of the molecule is Cc1ccccc1OCCN(C)C(=O)c1ccc(NC2=NS(=O)(=O)c3ccccc32)cc1. The van der Waals surface area contributed by atoms with Gasteiger partial charge in [-0.25, -0.2) is 0 Å². The summed E-state index contributed by atoms with van der Waals surface area (Å²) in [7, 11) is -1.96. The first kappa shape index (κ1) is 21.6. The van der Waals surface area contributed by atoms with Crippen molar-refractivity contribution in [2.24, 2.45) is 4.40 Å². The number of anilines is 1. The Morgan fingerprint density at radius 2 is 1.69 bits per heavy atom. The molecule has 32 heavy (non-hydrogen) atoms. The Hall–Kier alpha value is -3.65. The molecule has 0 aliphatic carbocycles. The van der Waals surface area contributed by atoms with E-state index >= 15 is 0 Å². The molecule has 164 valence electrons. The molecule has 1 aliphatic rings. The van der Waals surface area contributed by atoms with Gasteiger partial charge in [0, 0.05) is 23.9 Å². The van der Waals surface area contributed by atoms with Gasteiger partial charge in [0.1, 0.15) is 17.3 Å². The van der Waals surface area contributed by atoms with Gasteiger partial charge >= 0.3 is 0 Å². The summed E-state index contributed by atoms with van der Waals surface area (Å²) in [5.41, 5.74) is 2.74. The van der Waals surface area contributed by atoms with E-state index in [2.05, 4.69) is 9.71 Å². The van der Waals surface area contributed by atoms with E-state index in [-0.39, 0.29) is 16.6 Å². The number of hydrogen-bond donors (Lipinski definition) is 1. The van der Waals surface area contributed by atoms with Crippen LogP contribution in [-0.4, -0.2) is 45.3 Å². The van der Waals surface area contributed by atoms with Gasteiger partial charge in [-0.15, -0.1) is 4.40 Å². The van der Waals surface area contributed by atoms with Gasteiger partial charge < -0.3 is 15.0 Å². The highest BCUT2D eigenvalue weighted by Gasteiger charge is 2.28. The third-order valence-corrected chi connectivity index (χ3v) is 6.49. The number of rotatable bonds is 6. The van der Waals surface area contributed by atoms with Crippen LogP contribution >= 0.6 is 0 Å². The number of nitrogens with one attached hydrogen (secondary N) is 1. The summed E-state index contributed by atoms with van der Waals surface area (Å²) in [4.78, 5) is 14.5. The van der Waals surface area contributed by atoms with Crippen molar-refractivity contribution in [2.75, 3.05) is 25.5 Å². The van der Waals surface area contributed by atoms with Crippen molar-refractivity contribution in [2.45, 2.75) is 11.8 Å². The molecule has 0 aromatic heterocycles. The molecule has 0 atom stereocenters. The largest absolute Gasteiger partial charge is 0.491 e. The number of benzene rings is 3. The molecule has 0 unspecified atom stereocenters. The second-order valence-corrected chi connectivity index (χ2v) is 9.03. The van der Waals surface area contributed by atoms with Crippen LogP contribution in [-0.2, 0) is 10.0 Å². The van der Waals surface area contributed by atoms with Crippen molar-refractivity contribution in [3.63, 3.8) is 0 Å². The highest BCUT2D eigenvalue weighted by molar-refractivity contribution is 7.90. The minimum absolute atomic E-state index is 0.129. The number of sulfonamides is 1. The van der Waals surface area contributed by atoms with Crippen molar-refractivity contribution in [3.8, 4) is 5.75 Å². The van der Waals surface area contributed by atoms with Crippen molar-refractivity contribution >= 4 is 27.5 Å². The van der Waals surface area contributed by atoms with Crippen molar-refractivity contribution < 1.29 is 17.9 Å². The third kappa shape index (κ3) is 4.50. The van der Waals surface area contributed by atoms with Gasteiger partial charge in [0.15, 0.2) is 5.84 Å². The lowest BCUT2D eigenvalue weighted by Gasteiger charge is -2.18. The summed E-state index contributed by atoms with van der Waals surface area (Å²) in [6, 6.07) is 21.2. The fraction of sp³-hybridized carbons (Fsp3) is 0.167. The zero-order valence-corrected chi connectivity index (χ0v) is 18.6. The molecule has 0 fully saturated rings. The maximum Gasteiger partial charge on any atom is 0.285 e. The number of fused-ring (bicyclic) bond motifs is 1. The molecule has 1 amide bonds. The number of carbonyl (C=O) groups is 1. The van der Waals surface area contributed by atoms with E-state index in [1.165, 1.54) is 6.07 Å². The van der Waals surface area contributed by atoms with E-state index in [1.807, 2.05) is 31.2 Å². The molecule has 0 saturated carbocycles. The summed E-state index contributed by atoms with van der Waals surface area (Å²) >= 11 is 0. The van der Waals surface area contributed by atoms with Crippen LogP contribution in [0.5, 0.6) is 5.75 Å². The summed E-state index contributed by atoms with van der Waals surface area (Å²) in [6.45, 7) is 2.81. The number of para-hydroxylation sites is 1. The molecule has 8 heteroatoms. The van der Waals surface area contributed by atoms with Gasteiger partial charge in [0.2, 0.25) is 0 Å². The topological polar surface area (TPSA) is 88.1 Å². The van der Waals surface area contributed by atoms with E-state index in [0.717, 1.165) is 11.3 Å². The zero-order chi connectivity index (χ0) is 22.7. The molecule has 1 N–H and O–H groups in total. The van der Waals surface area contributed by atoms with Crippen molar-refractivity contribution in [1.29, 1.82) is 0 Å². The number of likely N-dealkylation sites (N-methyl/N-ethyl adjacent to an activating group) is 1. The van der Waals surface area contributed by atoms with E-state index in [9.17, 15) is 13.2 Å². The molecule has 0 bridgehead atoms. The van der Waals surface area contributed by atoms with Crippen LogP contribution in [0.25, 0.3) is 0 Å². The number of nitrogens with zero attached hydrogens (tertiary/aromatic N) is 2. The fourth-order valence-electron chi connectivity index (χ4n) is 3.36. The smallest absolute Gasteiger partial charge is 0.285 e. The summed E-state index contributed by atoms with van der Waals surface area (Å²) < 4.78 is 33.9. The second-order valence-electron chi connectivity index (χ2n) is 7.45. The van der Waals surface area contributed by atoms with E-state index in [4.69, 9.17) is 4.74 Å². The maximum atomic E-state index is 12.7. The van der Waals surface area contributed by atoms with Gasteiger partial charge in [-0.1, -0.05) is 30.3 Å². The lowest BCUT2D eigenvalue weighted by atomic mass is 10.1. The molecular weight excluding hydrogens is 426 g/mol. The van der Waals surface area contributed by atoms with Crippen LogP contribution in [0.1, 0.15) is 21.5 Å². The van der Waals surface area contributed by atoms with Gasteiger partial charge in [-0.05, 0) is 55.0 Å². The van der Waals surface area contributed by atoms with E-state index < -0.39 is 10.0 Å². The van der Waals surface area contributed by atoms with Crippen LogP contribution < -0.4 is 10.1 Å². The Bertz CT molecular complexity index is 1280. The van der Waals surface area contributed by atoms with E-state index in [1.54, 1.807) is 54.4 Å². The number of aryl methyl sites for hydroxylation is 1. The average Bonchev–Trinajstić information content (AvgIpc) is 3.05. The number of carbonyl (C=O) groups excluding carboxylic acids is 1. The maximum absolute atomic E-state index is 12.7. The minimum atomic E-state index is -3.69. The number of amides is 1. The molecule has 7 nitrogen and oxygen atoms in total. The van der Waals surface area contributed by atoms with Crippen LogP contribution in [0.3, 0.4) is 0 Å². The first-order valence-corrected chi connectivity index (χ1v) is 11.5. The normalized spacial score (nSPS) is 13.8. The molecular formula is C24H23N3O4S. The molecule has 4 rings (SSSR count). The van der Waals surface area contributed by atoms with Crippen molar-refractivity contribution in [1.82, 2.24) is 4.90 Å².